The van der Waals surface area contributed by atoms with Crippen LogP contribution in [0.1, 0.15) is 20.8 Å². The Bertz CT molecular complexity index is 443. The van der Waals surface area contributed by atoms with Crippen molar-refractivity contribution in [3.05, 3.63) is 28.3 Å². The van der Waals surface area contributed by atoms with Crippen LogP contribution < -0.4 is 10.6 Å². The highest BCUT2D eigenvalue weighted by Crippen LogP contribution is 2.27. The summed E-state index contributed by atoms with van der Waals surface area (Å²) < 4.78 is 0. The van der Waals surface area contributed by atoms with Gasteiger partial charge < -0.3 is 15.5 Å². The number of benzene rings is 1. The van der Waals surface area contributed by atoms with Crippen LogP contribution >= 0.6 is 0 Å². The fourth-order valence-corrected chi connectivity index (χ4v) is 2.21. The molecule has 0 aliphatic carbocycles. The van der Waals surface area contributed by atoms with E-state index < -0.39 is 4.92 Å². The van der Waals surface area contributed by atoms with Crippen molar-refractivity contribution in [1.29, 1.82) is 0 Å². The van der Waals surface area contributed by atoms with Gasteiger partial charge in [0.25, 0.3) is 5.69 Å². The molecule has 6 heteroatoms. The van der Waals surface area contributed by atoms with Crippen molar-refractivity contribution in [2.24, 2.45) is 0 Å². The third kappa shape index (κ3) is 3.84. The molecule has 0 bridgehead atoms. The summed E-state index contributed by atoms with van der Waals surface area (Å²) in [6, 6.07) is 5.03. The number of likely N-dealkylation sites (N-methyl/N-ethyl adjacent to an activating group) is 1. The van der Waals surface area contributed by atoms with Gasteiger partial charge in [-0.2, -0.15) is 0 Å². The molecular weight excluding hydrogens is 256 g/mol. The lowest BCUT2D eigenvalue weighted by Gasteiger charge is -2.35. The average Bonchev–Trinajstić information content (AvgIpc) is 2.49. The third-order valence-corrected chi connectivity index (χ3v) is 3.40. The Morgan fingerprint density at radius 2 is 1.85 bits per heavy atom. The number of nitrogens with zero attached hydrogens (tertiary/aromatic N) is 3. The van der Waals surface area contributed by atoms with E-state index in [-0.39, 0.29) is 11.4 Å². The summed E-state index contributed by atoms with van der Waals surface area (Å²) in [5.41, 5.74) is 6.69. The zero-order valence-electron chi connectivity index (χ0n) is 12.5. The molecule has 0 amide bonds. The molecule has 0 aromatic heterocycles. The molecule has 0 spiro atoms. The van der Waals surface area contributed by atoms with Gasteiger partial charge >= 0.3 is 0 Å². The van der Waals surface area contributed by atoms with E-state index in [9.17, 15) is 10.1 Å². The first-order chi connectivity index (χ1) is 9.61. The van der Waals surface area contributed by atoms with E-state index in [0.29, 0.717) is 0 Å². The number of nitro groups is 1. The van der Waals surface area contributed by atoms with Crippen LogP contribution in [0, 0.1) is 10.1 Å². The monoisotopic (exact) mass is 280 g/mol. The summed E-state index contributed by atoms with van der Waals surface area (Å²) in [6.45, 7) is 11.0. The van der Waals surface area contributed by atoms with Crippen molar-refractivity contribution in [3.63, 3.8) is 0 Å². The van der Waals surface area contributed by atoms with Crippen molar-refractivity contribution < 1.29 is 4.92 Å². The van der Waals surface area contributed by atoms with Crippen molar-refractivity contribution >= 4 is 17.1 Å². The fourth-order valence-electron chi connectivity index (χ4n) is 2.21. The molecule has 1 aromatic carbocycles. The molecule has 6 nitrogen and oxygen atoms in total. The van der Waals surface area contributed by atoms with Crippen LogP contribution in [0.2, 0.25) is 0 Å². The molecule has 2 N–H and O–H groups in total. The van der Waals surface area contributed by atoms with Gasteiger partial charge in [-0.25, -0.2) is 0 Å². The van der Waals surface area contributed by atoms with Crippen LogP contribution in [0.4, 0.5) is 17.1 Å². The first-order valence-electron chi connectivity index (χ1n) is 7.13. The van der Waals surface area contributed by atoms with Crippen LogP contribution in [0.25, 0.3) is 0 Å². The molecule has 0 unspecified atom stereocenters. The van der Waals surface area contributed by atoms with E-state index in [0.717, 1.165) is 38.4 Å². The first kappa shape index (κ1) is 16.2. The van der Waals surface area contributed by atoms with E-state index >= 15 is 0 Å². The minimum Gasteiger partial charge on any atom is -0.393 e. The van der Waals surface area contributed by atoms with E-state index in [1.807, 2.05) is 19.9 Å². The molecule has 0 radical (unpaired) electrons. The largest absolute Gasteiger partial charge is 0.393 e. The van der Waals surface area contributed by atoms with Gasteiger partial charge in [0, 0.05) is 37.9 Å². The maximum Gasteiger partial charge on any atom is 0.294 e. The van der Waals surface area contributed by atoms with Gasteiger partial charge in [-0.15, -0.1) is 0 Å². The fraction of sp³-hybridized carbons (Fsp3) is 0.571. The molecule has 1 aliphatic heterocycles. The number of piperazine rings is 1. The highest BCUT2D eigenvalue weighted by Gasteiger charge is 2.19. The minimum absolute atomic E-state index is 0.00887. The normalized spacial score (nSPS) is 15.4. The molecule has 2 rings (SSSR count). The molecule has 1 saturated heterocycles. The zero-order chi connectivity index (χ0) is 15.1. The minimum atomic E-state index is -0.429. The van der Waals surface area contributed by atoms with Gasteiger partial charge in [-0.3, -0.25) is 10.1 Å². The Morgan fingerprint density at radius 1 is 1.25 bits per heavy atom. The molecule has 0 saturated carbocycles. The average molecular weight is 280 g/mol. The maximum absolute atomic E-state index is 10.9. The van der Waals surface area contributed by atoms with E-state index in [1.54, 1.807) is 12.1 Å². The SMILES string of the molecule is CC.CCN1CCN(c2ccc(N)c([N+](=O)[O-])c2)CC1. The van der Waals surface area contributed by atoms with Crippen molar-refractivity contribution in [2.45, 2.75) is 20.8 Å². The van der Waals surface area contributed by atoms with Crippen LogP contribution in [0.5, 0.6) is 0 Å². The number of hydrogen-bond acceptors (Lipinski definition) is 5. The van der Waals surface area contributed by atoms with Crippen LogP contribution in [0.15, 0.2) is 18.2 Å². The molecule has 1 aliphatic rings. The van der Waals surface area contributed by atoms with Crippen molar-refractivity contribution in [1.82, 2.24) is 4.90 Å². The Hall–Kier alpha value is -1.82. The Kier molecular flexibility index (Phi) is 6.24. The van der Waals surface area contributed by atoms with Crippen molar-refractivity contribution in [3.8, 4) is 0 Å². The summed E-state index contributed by atoms with van der Waals surface area (Å²) in [5.74, 6) is 0. The van der Waals surface area contributed by atoms with E-state index in [4.69, 9.17) is 5.73 Å². The summed E-state index contributed by atoms with van der Waals surface area (Å²) in [7, 11) is 0. The van der Waals surface area contributed by atoms with Gasteiger partial charge in [0.05, 0.1) is 4.92 Å². The van der Waals surface area contributed by atoms with Gasteiger partial charge in [0.1, 0.15) is 5.69 Å². The lowest BCUT2D eigenvalue weighted by Crippen LogP contribution is -2.46. The first-order valence-corrected chi connectivity index (χ1v) is 7.13. The number of hydrogen-bond donors (Lipinski definition) is 1. The van der Waals surface area contributed by atoms with Crippen LogP contribution in [0.3, 0.4) is 0 Å². The highest BCUT2D eigenvalue weighted by atomic mass is 16.6. The molecule has 1 aromatic rings. The van der Waals surface area contributed by atoms with Gasteiger partial charge in [-0.1, -0.05) is 20.8 Å². The summed E-state index contributed by atoms with van der Waals surface area (Å²) in [6.07, 6.45) is 0. The molecule has 20 heavy (non-hydrogen) atoms. The predicted octanol–water partition coefficient (Wildman–Crippen LogP) is 2.35. The maximum atomic E-state index is 10.9. The lowest BCUT2D eigenvalue weighted by atomic mass is 10.2. The van der Waals surface area contributed by atoms with Gasteiger partial charge in [-0.05, 0) is 18.7 Å². The number of rotatable bonds is 3. The molecule has 1 fully saturated rings. The van der Waals surface area contributed by atoms with Crippen LogP contribution in [-0.4, -0.2) is 42.5 Å². The second-order valence-corrected chi connectivity index (χ2v) is 4.42. The second-order valence-electron chi connectivity index (χ2n) is 4.42. The topological polar surface area (TPSA) is 75.6 Å². The van der Waals surface area contributed by atoms with Gasteiger partial charge in [0.15, 0.2) is 0 Å². The summed E-state index contributed by atoms with van der Waals surface area (Å²) in [4.78, 5) is 15.0. The standard InChI is InChI=1S/C12H18N4O2.C2H6/c1-2-14-5-7-15(8-6-14)10-3-4-11(13)12(9-10)16(17)18;1-2/h3-4,9H,2,5-8,13H2,1H3;1-2H3. The van der Waals surface area contributed by atoms with Crippen LogP contribution in [-0.2, 0) is 0 Å². The number of anilines is 2. The highest BCUT2D eigenvalue weighted by molar-refractivity contribution is 5.66. The molecule has 1 heterocycles. The lowest BCUT2D eigenvalue weighted by molar-refractivity contribution is -0.383. The Morgan fingerprint density at radius 3 is 2.35 bits per heavy atom. The molecular formula is C14H24N4O2. The Labute approximate surface area is 120 Å². The number of nitrogen functional groups attached to an aromatic ring is 1. The van der Waals surface area contributed by atoms with Crippen molar-refractivity contribution in [2.75, 3.05) is 43.4 Å². The van der Waals surface area contributed by atoms with E-state index in [1.165, 1.54) is 0 Å². The summed E-state index contributed by atoms with van der Waals surface area (Å²) in [5, 5.41) is 10.9. The number of nitrogens with two attached hydrogens (primary N) is 1. The second kappa shape index (κ2) is 7.69. The number of nitro benzene ring substituents is 1. The van der Waals surface area contributed by atoms with Gasteiger partial charge in [0.2, 0.25) is 0 Å². The quantitative estimate of drug-likeness (QED) is 0.522. The predicted molar refractivity (Wildman–Crippen MR) is 83.2 cm³/mol. The van der Waals surface area contributed by atoms with E-state index in [2.05, 4.69) is 16.7 Å². The zero-order valence-corrected chi connectivity index (χ0v) is 12.5. The molecule has 0 atom stereocenters. The third-order valence-electron chi connectivity index (χ3n) is 3.40. The molecule has 112 valence electrons. The Balaban J connectivity index is 0.000000956. The smallest absolute Gasteiger partial charge is 0.294 e. The summed E-state index contributed by atoms with van der Waals surface area (Å²) >= 11 is 0.